The number of amides is 1. The van der Waals surface area contributed by atoms with E-state index in [1.807, 2.05) is 43.3 Å². The molecule has 0 unspecified atom stereocenters. The van der Waals surface area contributed by atoms with Gasteiger partial charge in [0.2, 0.25) is 11.7 Å². The molecule has 6 heteroatoms. The van der Waals surface area contributed by atoms with E-state index < -0.39 is 0 Å². The molecule has 0 radical (unpaired) electrons. The molecule has 3 aromatic rings. The summed E-state index contributed by atoms with van der Waals surface area (Å²) in [5.41, 5.74) is 2.32. The third-order valence-electron chi connectivity index (χ3n) is 3.64. The van der Waals surface area contributed by atoms with Crippen LogP contribution in [0.25, 0.3) is 11.4 Å². The summed E-state index contributed by atoms with van der Waals surface area (Å²) in [5.74, 6) is 0.726. The minimum atomic E-state index is -0.156. The van der Waals surface area contributed by atoms with Gasteiger partial charge in [0, 0.05) is 23.2 Å². The van der Waals surface area contributed by atoms with E-state index in [2.05, 4.69) is 10.1 Å². The van der Waals surface area contributed by atoms with Crippen LogP contribution in [0.1, 0.15) is 21.8 Å². The molecule has 0 aliphatic carbocycles. The number of rotatable bonds is 4. The highest BCUT2D eigenvalue weighted by molar-refractivity contribution is 6.31. The van der Waals surface area contributed by atoms with Crippen molar-refractivity contribution in [2.24, 2.45) is 0 Å². The fraction of sp³-hybridized carbons (Fsp3) is 0.167. The molecule has 0 fully saturated rings. The number of hydrogen-bond donors (Lipinski definition) is 0. The number of halogens is 1. The van der Waals surface area contributed by atoms with Gasteiger partial charge in [-0.15, -0.1) is 0 Å². The van der Waals surface area contributed by atoms with Crippen LogP contribution in [0, 0.1) is 6.92 Å². The average molecular weight is 342 g/mol. The van der Waals surface area contributed by atoms with E-state index in [1.165, 1.54) is 4.90 Å². The molecule has 0 saturated heterocycles. The summed E-state index contributed by atoms with van der Waals surface area (Å²) in [6, 6.07) is 14.8. The van der Waals surface area contributed by atoms with E-state index in [-0.39, 0.29) is 12.5 Å². The summed E-state index contributed by atoms with van der Waals surface area (Å²) in [4.78, 5) is 18.3. The minimum absolute atomic E-state index is 0.156. The summed E-state index contributed by atoms with van der Waals surface area (Å²) in [5, 5.41) is 4.52. The van der Waals surface area contributed by atoms with Crippen molar-refractivity contribution in [1.29, 1.82) is 0 Å². The van der Waals surface area contributed by atoms with Crippen molar-refractivity contribution in [1.82, 2.24) is 15.0 Å². The van der Waals surface area contributed by atoms with Gasteiger partial charge in [-0.05, 0) is 24.6 Å². The summed E-state index contributed by atoms with van der Waals surface area (Å²) >= 11 is 6.08. The third kappa shape index (κ3) is 3.46. The number of benzene rings is 2. The van der Waals surface area contributed by atoms with Crippen LogP contribution in [0.15, 0.2) is 53.1 Å². The fourth-order valence-electron chi connectivity index (χ4n) is 2.24. The molecular weight excluding hydrogens is 326 g/mol. The molecule has 2 aromatic carbocycles. The normalized spacial score (nSPS) is 10.6. The molecule has 0 aliphatic heterocycles. The molecule has 1 amide bonds. The highest BCUT2D eigenvalue weighted by Gasteiger charge is 2.16. The van der Waals surface area contributed by atoms with Crippen LogP contribution >= 0.6 is 11.6 Å². The Labute approximate surface area is 144 Å². The van der Waals surface area contributed by atoms with Gasteiger partial charge in [0.15, 0.2) is 0 Å². The number of nitrogens with zero attached hydrogens (tertiary/aromatic N) is 3. The number of carbonyl (C=O) groups is 1. The SMILES string of the molecule is Cc1ccc(C(=O)N(C)Cc2nc(-c3ccccc3)no2)cc1Cl. The third-order valence-corrected chi connectivity index (χ3v) is 4.05. The van der Waals surface area contributed by atoms with Gasteiger partial charge in [-0.1, -0.05) is 53.2 Å². The maximum atomic E-state index is 12.5. The standard InChI is InChI=1S/C18H16ClN3O2/c1-12-8-9-14(10-15(12)19)18(23)22(2)11-16-20-17(21-24-16)13-6-4-3-5-7-13/h3-10H,11H2,1-2H3. The van der Waals surface area contributed by atoms with Crippen LogP contribution in [0.2, 0.25) is 5.02 Å². The van der Waals surface area contributed by atoms with Crippen LogP contribution in [-0.4, -0.2) is 28.0 Å². The minimum Gasteiger partial charge on any atom is -0.337 e. The summed E-state index contributed by atoms with van der Waals surface area (Å²) in [6.07, 6.45) is 0. The van der Waals surface area contributed by atoms with Gasteiger partial charge in [0.25, 0.3) is 5.91 Å². The molecule has 0 bridgehead atoms. The van der Waals surface area contributed by atoms with Gasteiger partial charge in [-0.25, -0.2) is 0 Å². The quantitative estimate of drug-likeness (QED) is 0.720. The van der Waals surface area contributed by atoms with Crippen LogP contribution in [-0.2, 0) is 6.54 Å². The van der Waals surface area contributed by atoms with Crippen molar-refractivity contribution in [2.45, 2.75) is 13.5 Å². The predicted octanol–water partition coefficient (Wildman–Crippen LogP) is 3.97. The molecule has 3 rings (SSSR count). The molecule has 0 N–H and O–H groups in total. The summed E-state index contributed by atoms with van der Waals surface area (Å²) in [7, 11) is 1.68. The molecule has 1 heterocycles. The Kier molecular flexibility index (Phi) is 4.62. The Morgan fingerprint density at radius 1 is 1.21 bits per heavy atom. The zero-order valence-electron chi connectivity index (χ0n) is 13.4. The Balaban J connectivity index is 1.72. The van der Waals surface area contributed by atoms with Gasteiger partial charge >= 0.3 is 0 Å². The van der Waals surface area contributed by atoms with Gasteiger partial charge in [0.05, 0.1) is 6.54 Å². The number of hydrogen-bond acceptors (Lipinski definition) is 4. The second-order valence-corrected chi connectivity index (χ2v) is 5.91. The van der Waals surface area contributed by atoms with Crippen molar-refractivity contribution in [3.63, 3.8) is 0 Å². The summed E-state index contributed by atoms with van der Waals surface area (Å²) in [6.45, 7) is 2.12. The molecule has 0 saturated carbocycles. The van der Waals surface area contributed by atoms with E-state index in [4.69, 9.17) is 16.1 Å². The van der Waals surface area contributed by atoms with E-state index in [1.54, 1.807) is 19.2 Å². The Hall–Kier alpha value is -2.66. The lowest BCUT2D eigenvalue weighted by atomic mass is 10.1. The molecule has 5 nitrogen and oxygen atoms in total. The monoisotopic (exact) mass is 341 g/mol. The maximum absolute atomic E-state index is 12.5. The molecule has 24 heavy (non-hydrogen) atoms. The van der Waals surface area contributed by atoms with Crippen molar-refractivity contribution in [3.8, 4) is 11.4 Å². The van der Waals surface area contributed by atoms with Crippen LogP contribution in [0.5, 0.6) is 0 Å². The Bertz CT molecular complexity index is 862. The molecule has 0 atom stereocenters. The van der Waals surface area contributed by atoms with E-state index in [9.17, 15) is 4.79 Å². The van der Waals surface area contributed by atoms with Crippen LogP contribution < -0.4 is 0 Å². The van der Waals surface area contributed by atoms with E-state index in [0.29, 0.717) is 22.3 Å². The van der Waals surface area contributed by atoms with Gasteiger partial charge in [-0.3, -0.25) is 4.79 Å². The highest BCUT2D eigenvalue weighted by atomic mass is 35.5. The largest absolute Gasteiger partial charge is 0.337 e. The van der Waals surface area contributed by atoms with Gasteiger partial charge in [0.1, 0.15) is 0 Å². The van der Waals surface area contributed by atoms with Crippen molar-refractivity contribution < 1.29 is 9.32 Å². The molecule has 122 valence electrons. The lowest BCUT2D eigenvalue weighted by molar-refractivity contribution is 0.0769. The summed E-state index contributed by atoms with van der Waals surface area (Å²) < 4.78 is 5.24. The number of aryl methyl sites for hydroxylation is 1. The molecule has 1 aromatic heterocycles. The molecular formula is C18H16ClN3O2. The van der Waals surface area contributed by atoms with Gasteiger partial charge < -0.3 is 9.42 Å². The van der Waals surface area contributed by atoms with E-state index >= 15 is 0 Å². The van der Waals surface area contributed by atoms with Crippen LogP contribution in [0.3, 0.4) is 0 Å². The Morgan fingerprint density at radius 3 is 2.67 bits per heavy atom. The van der Waals surface area contributed by atoms with Crippen LogP contribution in [0.4, 0.5) is 0 Å². The zero-order valence-corrected chi connectivity index (χ0v) is 14.1. The number of carbonyl (C=O) groups excluding carboxylic acids is 1. The lowest BCUT2D eigenvalue weighted by Gasteiger charge is -2.15. The first-order chi connectivity index (χ1) is 11.5. The first-order valence-electron chi connectivity index (χ1n) is 7.44. The predicted molar refractivity (Wildman–Crippen MR) is 91.7 cm³/mol. The smallest absolute Gasteiger partial charge is 0.254 e. The fourth-order valence-corrected chi connectivity index (χ4v) is 2.43. The second kappa shape index (κ2) is 6.84. The lowest BCUT2D eigenvalue weighted by Crippen LogP contribution is -2.26. The van der Waals surface area contributed by atoms with Gasteiger partial charge in [-0.2, -0.15) is 4.98 Å². The topological polar surface area (TPSA) is 59.2 Å². The molecule has 0 aliphatic rings. The van der Waals surface area contributed by atoms with Crippen molar-refractivity contribution in [3.05, 3.63) is 70.6 Å². The van der Waals surface area contributed by atoms with E-state index in [0.717, 1.165) is 11.1 Å². The maximum Gasteiger partial charge on any atom is 0.254 e. The average Bonchev–Trinajstić information content (AvgIpc) is 3.06. The zero-order chi connectivity index (χ0) is 17.1. The number of aromatic nitrogens is 2. The second-order valence-electron chi connectivity index (χ2n) is 5.50. The Morgan fingerprint density at radius 2 is 1.96 bits per heavy atom. The first-order valence-corrected chi connectivity index (χ1v) is 7.82. The first kappa shape index (κ1) is 16.2. The highest BCUT2D eigenvalue weighted by Crippen LogP contribution is 2.19. The van der Waals surface area contributed by atoms with Crippen molar-refractivity contribution >= 4 is 17.5 Å². The molecule has 0 spiro atoms. The van der Waals surface area contributed by atoms with Crippen molar-refractivity contribution in [2.75, 3.05) is 7.05 Å².